The van der Waals surface area contributed by atoms with Gasteiger partial charge in [0.1, 0.15) is 5.71 Å². The summed E-state index contributed by atoms with van der Waals surface area (Å²) in [6, 6.07) is 14.5. The molecule has 23 heavy (non-hydrogen) atoms. The molecule has 3 aromatic rings. The highest BCUT2D eigenvalue weighted by Gasteiger charge is 2.28. The van der Waals surface area contributed by atoms with Gasteiger partial charge in [0, 0.05) is 28.9 Å². The van der Waals surface area contributed by atoms with Gasteiger partial charge in [-0.25, -0.2) is 5.43 Å². The average molecular weight is 301 g/mol. The maximum absolute atomic E-state index is 12.5. The van der Waals surface area contributed by atoms with Gasteiger partial charge >= 0.3 is 0 Å². The number of amides is 1. The number of hydrogen-bond donors (Lipinski definition) is 1. The number of pyridine rings is 1. The fraction of sp³-hybridized carbons (Fsp3) is 0. The largest absolute Gasteiger partial charge is 0.287 e. The predicted molar refractivity (Wildman–Crippen MR) is 86.5 cm³/mol. The maximum atomic E-state index is 12.5. The number of hydrogen-bond acceptors (Lipinski definition) is 4. The Morgan fingerprint density at radius 2 is 1.78 bits per heavy atom. The highest BCUT2D eigenvalue weighted by molar-refractivity contribution is 6.59. The van der Waals surface area contributed by atoms with Gasteiger partial charge in [0.25, 0.3) is 5.91 Å². The topological polar surface area (TPSA) is 71.4 Å². The fourth-order valence-corrected chi connectivity index (χ4v) is 2.76. The van der Waals surface area contributed by atoms with Crippen LogP contribution < -0.4 is 5.43 Å². The first kappa shape index (κ1) is 13.3. The minimum absolute atomic E-state index is 0.178. The Balaban J connectivity index is 1.73. The second-order valence-electron chi connectivity index (χ2n) is 5.18. The summed E-state index contributed by atoms with van der Waals surface area (Å²) >= 11 is 0. The number of carbonyl (C=O) groups is 2. The summed E-state index contributed by atoms with van der Waals surface area (Å²) in [6.07, 6.45) is 3.03. The number of carbonyl (C=O) groups excluding carboxylic acids is 2. The third-order valence-electron chi connectivity index (χ3n) is 3.81. The first-order chi connectivity index (χ1) is 11.3. The van der Waals surface area contributed by atoms with Crippen molar-refractivity contribution in [3.05, 3.63) is 77.6 Å². The van der Waals surface area contributed by atoms with Crippen LogP contribution in [0.5, 0.6) is 0 Å². The third-order valence-corrected chi connectivity index (χ3v) is 3.81. The predicted octanol–water partition coefficient (Wildman–Crippen LogP) is 2.57. The van der Waals surface area contributed by atoms with Crippen LogP contribution in [-0.2, 0) is 0 Å². The van der Waals surface area contributed by atoms with E-state index in [0.29, 0.717) is 11.1 Å². The second kappa shape index (κ2) is 5.14. The molecule has 0 spiro atoms. The van der Waals surface area contributed by atoms with Crippen LogP contribution in [0, 0.1) is 0 Å². The van der Waals surface area contributed by atoms with E-state index < -0.39 is 5.91 Å². The molecular weight excluding hydrogens is 290 g/mol. The van der Waals surface area contributed by atoms with Crippen LogP contribution in [0.1, 0.15) is 26.3 Å². The molecule has 2 aromatic carbocycles. The number of Topliss-reactive ketones (excluding diaryl/α,β-unsaturated/α-hetero) is 1. The van der Waals surface area contributed by atoms with Crippen molar-refractivity contribution in [2.45, 2.75) is 0 Å². The van der Waals surface area contributed by atoms with Gasteiger partial charge in [-0.2, -0.15) is 5.10 Å². The molecule has 110 valence electrons. The molecular formula is C18H11N3O2. The highest BCUT2D eigenvalue weighted by atomic mass is 16.2. The Morgan fingerprint density at radius 1 is 1.00 bits per heavy atom. The van der Waals surface area contributed by atoms with Gasteiger partial charge < -0.3 is 0 Å². The first-order valence-corrected chi connectivity index (χ1v) is 7.10. The molecule has 1 aliphatic carbocycles. The molecule has 0 saturated carbocycles. The zero-order chi connectivity index (χ0) is 15.8. The lowest BCUT2D eigenvalue weighted by molar-refractivity contribution is 0.0954. The summed E-state index contributed by atoms with van der Waals surface area (Å²) in [5, 5.41) is 5.93. The molecule has 0 aliphatic heterocycles. The number of aromatic nitrogens is 1. The van der Waals surface area contributed by atoms with E-state index in [1.807, 2.05) is 30.3 Å². The van der Waals surface area contributed by atoms with Crippen LogP contribution in [0.4, 0.5) is 0 Å². The minimum atomic E-state index is -0.401. The number of hydrazone groups is 1. The van der Waals surface area contributed by atoms with E-state index in [9.17, 15) is 9.59 Å². The number of nitrogens with zero attached hydrogens (tertiary/aromatic N) is 2. The smallest absolute Gasteiger partial charge is 0.272 e. The van der Waals surface area contributed by atoms with Crippen LogP contribution in [0.25, 0.3) is 10.8 Å². The van der Waals surface area contributed by atoms with Gasteiger partial charge in [-0.3, -0.25) is 14.6 Å². The van der Waals surface area contributed by atoms with Crippen LogP contribution in [-0.4, -0.2) is 22.4 Å². The lowest BCUT2D eigenvalue weighted by Crippen LogP contribution is -2.22. The molecule has 0 fully saturated rings. The first-order valence-electron chi connectivity index (χ1n) is 7.10. The Hall–Kier alpha value is -3.34. The van der Waals surface area contributed by atoms with E-state index in [-0.39, 0.29) is 11.5 Å². The van der Waals surface area contributed by atoms with E-state index >= 15 is 0 Å². The summed E-state index contributed by atoms with van der Waals surface area (Å²) in [4.78, 5) is 28.5. The van der Waals surface area contributed by atoms with E-state index in [0.717, 1.165) is 16.3 Å². The summed E-state index contributed by atoms with van der Waals surface area (Å²) in [6.45, 7) is 0. The third kappa shape index (κ3) is 2.10. The Bertz CT molecular complexity index is 973. The van der Waals surface area contributed by atoms with Crippen molar-refractivity contribution < 1.29 is 9.59 Å². The lowest BCUT2D eigenvalue weighted by Gasteiger charge is -2.01. The van der Waals surface area contributed by atoms with Gasteiger partial charge in [0.15, 0.2) is 0 Å². The van der Waals surface area contributed by atoms with E-state index in [4.69, 9.17) is 0 Å². The molecule has 4 rings (SSSR count). The molecule has 1 aliphatic rings. The van der Waals surface area contributed by atoms with Crippen molar-refractivity contribution in [1.29, 1.82) is 0 Å². The van der Waals surface area contributed by atoms with Crippen LogP contribution in [0.15, 0.2) is 66.0 Å². The van der Waals surface area contributed by atoms with Gasteiger partial charge in [0.2, 0.25) is 5.78 Å². The normalized spacial score (nSPS) is 14.4. The Morgan fingerprint density at radius 3 is 2.52 bits per heavy atom. The van der Waals surface area contributed by atoms with Gasteiger partial charge in [-0.05, 0) is 17.5 Å². The Labute approximate surface area is 131 Å². The molecule has 1 aromatic heterocycles. The molecule has 0 bridgehead atoms. The monoisotopic (exact) mass is 301 g/mol. The zero-order valence-electron chi connectivity index (χ0n) is 12.0. The van der Waals surface area contributed by atoms with Crippen LogP contribution in [0.2, 0.25) is 0 Å². The molecule has 5 nitrogen and oxygen atoms in total. The number of nitrogens with one attached hydrogen (secondary N) is 1. The van der Waals surface area contributed by atoms with Gasteiger partial charge in [-0.1, -0.05) is 36.4 Å². The SMILES string of the molecule is O=C(N/N=C1\C(=O)c2cccc3cccc1c23)c1cccnc1. The number of rotatable bonds is 2. The van der Waals surface area contributed by atoms with E-state index in [2.05, 4.69) is 15.5 Å². The molecule has 1 heterocycles. The van der Waals surface area contributed by atoms with E-state index in [1.54, 1.807) is 24.4 Å². The van der Waals surface area contributed by atoms with E-state index in [1.165, 1.54) is 6.20 Å². The fourth-order valence-electron chi connectivity index (χ4n) is 2.76. The molecule has 0 unspecified atom stereocenters. The van der Waals surface area contributed by atoms with Crippen molar-refractivity contribution in [3.8, 4) is 0 Å². The highest BCUT2D eigenvalue weighted by Crippen LogP contribution is 2.30. The quantitative estimate of drug-likeness (QED) is 0.739. The second-order valence-corrected chi connectivity index (χ2v) is 5.18. The summed E-state index contributed by atoms with van der Waals surface area (Å²) < 4.78 is 0. The average Bonchev–Trinajstić information content (AvgIpc) is 2.88. The summed E-state index contributed by atoms with van der Waals surface area (Å²) in [5.74, 6) is -0.579. The van der Waals surface area contributed by atoms with Gasteiger partial charge in [-0.15, -0.1) is 0 Å². The van der Waals surface area contributed by atoms with Crippen LogP contribution in [0.3, 0.4) is 0 Å². The van der Waals surface area contributed by atoms with Crippen molar-refractivity contribution >= 4 is 28.2 Å². The molecule has 1 amide bonds. The molecule has 1 N–H and O–H groups in total. The van der Waals surface area contributed by atoms with Gasteiger partial charge in [0.05, 0.1) is 5.56 Å². The molecule has 0 saturated heterocycles. The maximum Gasteiger partial charge on any atom is 0.272 e. The number of benzene rings is 2. The summed E-state index contributed by atoms with van der Waals surface area (Å²) in [7, 11) is 0. The Kier molecular flexibility index (Phi) is 2.98. The standard InChI is InChI=1S/C18H11N3O2/c22-17-14-8-2-5-11-4-1-7-13(15(11)14)16(17)20-21-18(23)12-6-3-9-19-10-12/h1-10H,(H,21,23)/b20-16-. The minimum Gasteiger partial charge on any atom is -0.287 e. The van der Waals surface area contributed by atoms with Crippen molar-refractivity contribution in [3.63, 3.8) is 0 Å². The molecule has 0 radical (unpaired) electrons. The summed E-state index contributed by atoms with van der Waals surface area (Å²) in [5.41, 5.74) is 4.45. The molecule has 5 heteroatoms. The van der Waals surface area contributed by atoms with Crippen molar-refractivity contribution in [2.24, 2.45) is 5.10 Å². The molecule has 0 atom stereocenters. The number of ketones is 1. The van der Waals surface area contributed by atoms with Crippen LogP contribution >= 0.6 is 0 Å². The van der Waals surface area contributed by atoms with Crippen molar-refractivity contribution in [2.75, 3.05) is 0 Å². The lowest BCUT2D eigenvalue weighted by atomic mass is 10.1. The van der Waals surface area contributed by atoms with Crippen molar-refractivity contribution in [1.82, 2.24) is 10.4 Å². The zero-order valence-corrected chi connectivity index (χ0v) is 12.0.